The molecule has 0 spiro atoms. The third-order valence-corrected chi connectivity index (χ3v) is 5.78. The summed E-state index contributed by atoms with van der Waals surface area (Å²) in [5.74, 6) is 1.43. The van der Waals surface area contributed by atoms with Crippen molar-refractivity contribution in [2.24, 2.45) is 4.99 Å². The number of benzene rings is 2. The molecule has 0 aliphatic carbocycles. The lowest BCUT2D eigenvalue weighted by Gasteiger charge is -2.31. The van der Waals surface area contributed by atoms with Crippen LogP contribution >= 0.6 is 24.0 Å². The molecule has 0 aromatic heterocycles. The molecule has 0 saturated carbocycles. The van der Waals surface area contributed by atoms with Gasteiger partial charge >= 0.3 is 0 Å². The van der Waals surface area contributed by atoms with Gasteiger partial charge in [0, 0.05) is 53.0 Å². The molecule has 182 valence electrons. The molecule has 1 aliphatic rings. The highest BCUT2D eigenvalue weighted by Crippen LogP contribution is 2.15. The molecule has 0 atom stereocenters. The molecule has 6 nitrogen and oxygen atoms in total. The van der Waals surface area contributed by atoms with Crippen molar-refractivity contribution in [3.63, 3.8) is 0 Å². The Kier molecular flexibility index (Phi) is 11.9. The summed E-state index contributed by atoms with van der Waals surface area (Å²) in [5, 5.41) is 3.39. The molecule has 1 saturated heterocycles. The van der Waals surface area contributed by atoms with Crippen LogP contribution in [-0.4, -0.2) is 69.3 Å². The highest BCUT2D eigenvalue weighted by Gasteiger charge is 2.18. The minimum absolute atomic E-state index is 0. The van der Waals surface area contributed by atoms with Gasteiger partial charge in [0.15, 0.2) is 5.96 Å². The fourth-order valence-corrected chi connectivity index (χ4v) is 3.87. The van der Waals surface area contributed by atoms with Crippen LogP contribution in [0, 0.1) is 5.82 Å². The van der Waals surface area contributed by atoms with E-state index in [1.54, 1.807) is 19.2 Å². The number of nitrogens with one attached hydrogen (secondary N) is 1. The van der Waals surface area contributed by atoms with Gasteiger partial charge in [-0.05, 0) is 55.3 Å². The summed E-state index contributed by atoms with van der Waals surface area (Å²) in [6.07, 6.45) is 2.18. The van der Waals surface area contributed by atoms with Gasteiger partial charge in [-0.25, -0.2) is 4.39 Å². The molecule has 1 heterocycles. The second-order valence-corrected chi connectivity index (χ2v) is 8.20. The summed E-state index contributed by atoms with van der Waals surface area (Å²) in [5.41, 5.74) is 2.15. The zero-order valence-electron chi connectivity index (χ0n) is 19.8. The Hall–Kier alpha value is -1.91. The molecule has 2 aromatic carbocycles. The minimum Gasteiger partial charge on any atom is -0.492 e. The standard InChI is InChI=1S/C25H35FN4O2.HI/c1-27-25(30(3)19-20-7-9-22(26)10-8-20)28-18-21-5-4-6-24(17-21)32-16-13-29(2)23-11-14-31-15-12-23;/h4-10,17,23H,11-16,18-19H2,1-3H3,(H,27,28);1H. The topological polar surface area (TPSA) is 49.3 Å². The van der Waals surface area contributed by atoms with Crippen LogP contribution in [-0.2, 0) is 17.8 Å². The number of aliphatic imine (C=N–C) groups is 1. The third kappa shape index (κ3) is 9.10. The number of hydrogen-bond donors (Lipinski definition) is 1. The zero-order valence-corrected chi connectivity index (χ0v) is 22.1. The average molecular weight is 570 g/mol. The molecule has 0 bridgehead atoms. The molecule has 33 heavy (non-hydrogen) atoms. The van der Waals surface area contributed by atoms with Gasteiger partial charge < -0.3 is 19.7 Å². The number of hydrogen-bond acceptors (Lipinski definition) is 4. The maximum Gasteiger partial charge on any atom is 0.193 e. The summed E-state index contributed by atoms with van der Waals surface area (Å²) in [4.78, 5) is 8.75. The van der Waals surface area contributed by atoms with Crippen molar-refractivity contribution in [1.29, 1.82) is 0 Å². The van der Waals surface area contributed by atoms with Gasteiger partial charge in [0.25, 0.3) is 0 Å². The summed E-state index contributed by atoms with van der Waals surface area (Å²) in [7, 11) is 5.89. The van der Waals surface area contributed by atoms with Crippen molar-refractivity contribution in [2.45, 2.75) is 32.0 Å². The van der Waals surface area contributed by atoms with Crippen LogP contribution in [0.2, 0.25) is 0 Å². The molecule has 1 aliphatic heterocycles. The van der Waals surface area contributed by atoms with E-state index in [4.69, 9.17) is 9.47 Å². The lowest BCUT2D eigenvalue weighted by Crippen LogP contribution is -2.38. The van der Waals surface area contributed by atoms with Crippen LogP contribution in [0.5, 0.6) is 5.75 Å². The van der Waals surface area contributed by atoms with Crippen molar-refractivity contribution in [3.05, 3.63) is 65.5 Å². The van der Waals surface area contributed by atoms with E-state index in [-0.39, 0.29) is 29.8 Å². The van der Waals surface area contributed by atoms with E-state index in [0.29, 0.717) is 25.7 Å². The average Bonchev–Trinajstić information content (AvgIpc) is 2.82. The first-order valence-electron chi connectivity index (χ1n) is 11.2. The van der Waals surface area contributed by atoms with Gasteiger partial charge in [0.1, 0.15) is 18.2 Å². The van der Waals surface area contributed by atoms with E-state index in [9.17, 15) is 4.39 Å². The Labute approximate surface area is 214 Å². The predicted molar refractivity (Wildman–Crippen MR) is 142 cm³/mol. The quantitative estimate of drug-likeness (QED) is 0.279. The van der Waals surface area contributed by atoms with Gasteiger partial charge in [0.2, 0.25) is 0 Å². The second-order valence-electron chi connectivity index (χ2n) is 8.20. The molecule has 0 amide bonds. The molecule has 1 fully saturated rings. The predicted octanol–water partition coefficient (Wildman–Crippen LogP) is 4.14. The van der Waals surface area contributed by atoms with Gasteiger partial charge in [-0.2, -0.15) is 0 Å². The monoisotopic (exact) mass is 570 g/mol. The highest BCUT2D eigenvalue weighted by molar-refractivity contribution is 14.0. The molecule has 2 aromatic rings. The van der Waals surface area contributed by atoms with Crippen LogP contribution < -0.4 is 10.1 Å². The normalized spacial score (nSPS) is 14.6. The molecule has 8 heteroatoms. The number of rotatable bonds is 9. The fourth-order valence-electron chi connectivity index (χ4n) is 3.87. The summed E-state index contributed by atoms with van der Waals surface area (Å²) < 4.78 is 24.6. The van der Waals surface area contributed by atoms with Gasteiger partial charge in [0.05, 0.1) is 0 Å². The Morgan fingerprint density at radius 2 is 1.85 bits per heavy atom. The van der Waals surface area contributed by atoms with Crippen molar-refractivity contribution in [2.75, 3.05) is 47.5 Å². The first kappa shape index (κ1) is 27.3. The number of guanidine groups is 1. The number of nitrogens with zero attached hydrogens (tertiary/aromatic N) is 3. The number of ether oxygens (including phenoxy) is 2. The first-order valence-corrected chi connectivity index (χ1v) is 11.2. The number of likely N-dealkylation sites (N-methyl/N-ethyl adjacent to an activating group) is 1. The van der Waals surface area contributed by atoms with Crippen LogP contribution in [0.25, 0.3) is 0 Å². The molecule has 0 unspecified atom stereocenters. The Morgan fingerprint density at radius 1 is 1.12 bits per heavy atom. The third-order valence-electron chi connectivity index (χ3n) is 5.78. The largest absolute Gasteiger partial charge is 0.492 e. The van der Waals surface area contributed by atoms with E-state index in [1.165, 1.54) is 12.1 Å². The highest BCUT2D eigenvalue weighted by atomic mass is 127. The Bertz CT molecular complexity index is 860. The van der Waals surface area contributed by atoms with Crippen molar-refractivity contribution in [3.8, 4) is 5.75 Å². The smallest absolute Gasteiger partial charge is 0.193 e. The van der Waals surface area contributed by atoms with Crippen LogP contribution in [0.15, 0.2) is 53.5 Å². The molecule has 1 N–H and O–H groups in total. The lowest BCUT2D eigenvalue weighted by molar-refractivity contribution is 0.0392. The minimum atomic E-state index is -0.226. The molecular formula is C25H36FIN4O2. The zero-order chi connectivity index (χ0) is 22.8. The summed E-state index contributed by atoms with van der Waals surface area (Å²) in [6.45, 7) is 4.55. The lowest BCUT2D eigenvalue weighted by atomic mass is 10.1. The first-order chi connectivity index (χ1) is 15.5. The van der Waals surface area contributed by atoms with Gasteiger partial charge in [-0.15, -0.1) is 24.0 Å². The van der Waals surface area contributed by atoms with Gasteiger partial charge in [-0.1, -0.05) is 24.3 Å². The Morgan fingerprint density at radius 3 is 2.55 bits per heavy atom. The maximum atomic E-state index is 13.1. The van der Waals surface area contributed by atoms with E-state index < -0.39 is 0 Å². The fraction of sp³-hybridized carbons (Fsp3) is 0.480. The van der Waals surface area contributed by atoms with E-state index in [2.05, 4.69) is 34.4 Å². The molecular weight excluding hydrogens is 534 g/mol. The second kappa shape index (κ2) is 14.4. The SMILES string of the molecule is CN=C(NCc1cccc(OCCN(C)C2CCOCC2)c1)N(C)Cc1ccc(F)cc1.I. The summed E-state index contributed by atoms with van der Waals surface area (Å²) in [6, 6.07) is 15.3. The van der Waals surface area contributed by atoms with E-state index >= 15 is 0 Å². The Balaban J connectivity index is 0.00000385. The van der Waals surface area contributed by atoms with Crippen LogP contribution in [0.4, 0.5) is 4.39 Å². The van der Waals surface area contributed by atoms with Crippen molar-refractivity contribution in [1.82, 2.24) is 15.1 Å². The maximum absolute atomic E-state index is 13.1. The van der Waals surface area contributed by atoms with Crippen molar-refractivity contribution < 1.29 is 13.9 Å². The number of halogens is 2. The van der Waals surface area contributed by atoms with E-state index in [1.807, 2.05) is 24.1 Å². The van der Waals surface area contributed by atoms with Crippen LogP contribution in [0.3, 0.4) is 0 Å². The molecule has 0 radical (unpaired) electrons. The molecule has 3 rings (SSSR count). The van der Waals surface area contributed by atoms with Gasteiger partial charge in [-0.3, -0.25) is 9.89 Å². The van der Waals surface area contributed by atoms with E-state index in [0.717, 1.165) is 55.4 Å². The van der Waals surface area contributed by atoms with Crippen LogP contribution in [0.1, 0.15) is 24.0 Å². The summed E-state index contributed by atoms with van der Waals surface area (Å²) >= 11 is 0. The van der Waals surface area contributed by atoms with Crippen molar-refractivity contribution >= 4 is 29.9 Å².